The van der Waals surface area contributed by atoms with Crippen LogP contribution in [0.1, 0.15) is 45.4 Å². The summed E-state index contributed by atoms with van der Waals surface area (Å²) < 4.78 is 4.93. The summed E-state index contributed by atoms with van der Waals surface area (Å²) in [7, 11) is 0. The van der Waals surface area contributed by atoms with Crippen LogP contribution < -0.4 is 0 Å². The van der Waals surface area contributed by atoms with Crippen molar-refractivity contribution in [1.82, 2.24) is 0 Å². The Balaban J connectivity index is 3.27. The molecule has 0 aromatic rings. The molecule has 0 saturated carbocycles. The zero-order valence-corrected chi connectivity index (χ0v) is 9.50. The molecule has 2 nitrogen and oxygen atoms in total. The Morgan fingerprint density at radius 1 is 1.33 bits per heavy atom. The second kappa shape index (κ2) is 10.8. The first-order chi connectivity index (χ1) is 7.31. The number of terminal acetylenes is 1. The fraction of sp³-hybridized carbons (Fsp3) is 0.615. The van der Waals surface area contributed by atoms with Crippen molar-refractivity contribution in [1.29, 1.82) is 0 Å². The molecule has 2 heteroatoms. The fourth-order valence-electron chi connectivity index (χ4n) is 1.20. The van der Waals surface area contributed by atoms with Crippen molar-refractivity contribution >= 4 is 5.97 Å². The van der Waals surface area contributed by atoms with Crippen LogP contribution in [0.3, 0.4) is 0 Å². The maximum Gasteiger partial charge on any atom is 0.306 e. The van der Waals surface area contributed by atoms with E-state index in [4.69, 9.17) is 11.2 Å². The van der Waals surface area contributed by atoms with E-state index in [2.05, 4.69) is 12.8 Å². The van der Waals surface area contributed by atoms with Crippen LogP contribution in [-0.4, -0.2) is 12.6 Å². The summed E-state index contributed by atoms with van der Waals surface area (Å²) in [5.41, 5.74) is 0. The van der Waals surface area contributed by atoms with Gasteiger partial charge >= 0.3 is 5.97 Å². The van der Waals surface area contributed by atoms with Crippen molar-refractivity contribution in [2.24, 2.45) is 0 Å². The standard InChI is InChI=1S/C13H20O2/c1-3-5-7-8-9-11-13(14)15-12-10-6-4-2/h2,6,10H,3,5,7-9,11-12H2,1H3. The van der Waals surface area contributed by atoms with Crippen LogP contribution in [0.5, 0.6) is 0 Å². The number of carbonyl (C=O) groups is 1. The number of rotatable bonds is 8. The molecule has 0 N–H and O–H groups in total. The molecule has 0 fully saturated rings. The molecule has 15 heavy (non-hydrogen) atoms. The quantitative estimate of drug-likeness (QED) is 0.348. The van der Waals surface area contributed by atoms with Crippen molar-refractivity contribution in [2.45, 2.75) is 45.4 Å². The van der Waals surface area contributed by atoms with Crippen LogP contribution in [0.25, 0.3) is 0 Å². The minimum absolute atomic E-state index is 0.131. The summed E-state index contributed by atoms with van der Waals surface area (Å²) in [6.07, 6.45) is 14.4. The molecule has 0 unspecified atom stereocenters. The Morgan fingerprint density at radius 3 is 2.73 bits per heavy atom. The Hall–Kier alpha value is -1.23. The maximum absolute atomic E-state index is 11.1. The lowest BCUT2D eigenvalue weighted by atomic mass is 10.1. The summed E-state index contributed by atoms with van der Waals surface area (Å²) >= 11 is 0. The van der Waals surface area contributed by atoms with Gasteiger partial charge in [0.1, 0.15) is 6.61 Å². The van der Waals surface area contributed by atoms with E-state index in [9.17, 15) is 4.79 Å². The molecule has 84 valence electrons. The van der Waals surface area contributed by atoms with Gasteiger partial charge in [0.2, 0.25) is 0 Å². The van der Waals surface area contributed by atoms with Crippen molar-refractivity contribution in [3.8, 4) is 12.3 Å². The molecule has 0 rings (SSSR count). The predicted molar refractivity (Wildman–Crippen MR) is 62.3 cm³/mol. The molecule has 0 aliphatic rings. The van der Waals surface area contributed by atoms with Gasteiger partial charge in [-0.05, 0) is 18.6 Å². The highest BCUT2D eigenvalue weighted by atomic mass is 16.5. The zero-order valence-electron chi connectivity index (χ0n) is 9.50. The van der Waals surface area contributed by atoms with Crippen molar-refractivity contribution in [2.75, 3.05) is 6.61 Å². The first-order valence-corrected chi connectivity index (χ1v) is 5.58. The lowest BCUT2D eigenvalue weighted by molar-refractivity contribution is -0.142. The molecule has 0 aromatic heterocycles. The summed E-state index contributed by atoms with van der Waals surface area (Å²) in [5, 5.41) is 0. The van der Waals surface area contributed by atoms with Gasteiger partial charge in [0.05, 0.1) is 0 Å². The monoisotopic (exact) mass is 208 g/mol. The summed E-state index contributed by atoms with van der Waals surface area (Å²) in [4.78, 5) is 11.1. The molecule has 0 radical (unpaired) electrons. The van der Waals surface area contributed by atoms with Crippen LogP contribution in [0, 0.1) is 12.3 Å². The molecule has 0 atom stereocenters. The van der Waals surface area contributed by atoms with Crippen LogP contribution in [-0.2, 0) is 9.53 Å². The second-order valence-electron chi connectivity index (χ2n) is 3.42. The fourth-order valence-corrected chi connectivity index (χ4v) is 1.20. The lowest BCUT2D eigenvalue weighted by Crippen LogP contribution is -2.03. The average Bonchev–Trinajstić information content (AvgIpc) is 2.24. The number of hydrogen-bond donors (Lipinski definition) is 0. The number of ether oxygens (including phenoxy) is 1. The van der Waals surface area contributed by atoms with E-state index >= 15 is 0 Å². The van der Waals surface area contributed by atoms with E-state index in [1.165, 1.54) is 25.3 Å². The Kier molecular flexibility index (Phi) is 9.96. The van der Waals surface area contributed by atoms with Gasteiger partial charge in [0.15, 0.2) is 0 Å². The third kappa shape index (κ3) is 10.7. The highest BCUT2D eigenvalue weighted by Gasteiger charge is 2.00. The Morgan fingerprint density at radius 2 is 2.07 bits per heavy atom. The first-order valence-electron chi connectivity index (χ1n) is 5.58. The molecule has 0 saturated heterocycles. The SMILES string of the molecule is C#CC=CCOC(=O)CCCCCCC. The van der Waals surface area contributed by atoms with Crippen LogP contribution >= 0.6 is 0 Å². The van der Waals surface area contributed by atoms with E-state index < -0.39 is 0 Å². The van der Waals surface area contributed by atoms with Crippen LogP contribution in [0.15, 0.2) is 12.2 Å². The van der Waals surface area contributed by atoms with Gasteiger partial charge in [0.25, 0.3) is 0 Å². The molecular formula is C13H20O2. The summed E-state index contributed by atoms with van der Waals surface area (Å²) in [5.74, 6) is 2.20. The molecule has 0 aliphatic heterocycles. The zero-order chi connectivity index (χ0) is 11.4. The van der Waals surface area contributed by atoms with Gasteiger partial charge in [-0.25, -0.2) is 0 Å². The van der Waals surface area contributed by atoms with Gasteiger partial charge in [-0.3, -0.25) is 4.79 Å². The molecule has 0 bridgehead atoms. The molecule has 0 spiro atoms. The smallest absolute Gasteiger partial charge is 0.306 e. The number of hydrogen-bond acceptors (Lipinski definition) is 2. The third-order valence-electron chi connectivity index (χ3n) is 2.04. The summed E-state index contributed by atoms with van der Waals surface area (Å²) in [6, 6.07) is 0. The number of carbonyl (C=O) groups excluding carboxylic acids is 1. The highest BCUT2D eigenvalue weighted by molar-refractivity contribution is 5.69. The van der Waals surface area contributed by atoms with Crippen molar-refractivity contribution in [3.05, 3.63) is 12.2 Å². The van der Waals surface area contributed by atoms with Crippen LogP contribution in [0.2, 0.25) is 0 Å². The van der Waals surface area contributed by atoms with E-state index in [1.807, 2.05) is 0 Å². The van der Waals surface area contributed by atoms with Gasteiger partial charge in [0, 0.05) is 6.42 Å². The van der Waals surface area contributed by atoms with E-state index in [1.54, 1.807) is 6.08 Å². The highest BCUT2D eigenvalue weighted by Crippen LogP contribution is 2.05. The lowest BCUT2D eigenvalue weighted by Gasteiger charge is -2.01. The van der Waals surface area contributed by atoms with Gasteiger partial charge in [-0.1, -0.05) is 38.5 Å². The maximum atomic E-state index is 11.1. The third-order valence-corrected chi connectivity index (χ3v) is 2.04. The minimum atomic E-state index is -0.131. The van der Waals surface area contributed by atoms with E-state index in [-0.39, 0.29) is 12.6 Å². The van der Waals surface area contributed by atoms with Crippen LogP contribution in [0.4, 0.5) is 0 Å². The average molecular weight is 208 g/mol. The second-order valence-corrected chi connectivity index (χ2v) is 3.42. The Bertz CT molecular complexity index is 223. The number of unbranched alkanes of at least 4 members (excludes halogenated alkanes) is 4. The summed E-state index contributed by atoms with van der Waals surface area (Å²) in [6.45, 7) is 2.46. The van der Waals surface area contributed by atoms with Gasteiger partial charge in [-0.15, -0.1) is 6.42 Å². The van der Waals surface area contributed by atoms with Crippen molar-refractivity contribution < 1.29 is 9.53 Å². The number of esters is 1. The molecule has 0 heterocycles. The van der Waals surface area contributed by atoms with E-state index in [0.29, 0.717) is 6.42 Å². The van der Waals surface area contributed by atoms with Gasteiger partial charge < -0.3 is 4.74 Å². The molecule has 0 amide bonds. The molecule has 0 aliphatic carbocycles. The van der Waals surface area contributed by atoms with E-state index in [0.717, 1.165) is 12.8 Å². The van der Waals surface area contributed by atoms with Gasteiger partial charge in [-0.2, -0.15) is 0 Å². The molecular weight excluding hydrogens is 188 g/mol. The topological polar surface area (TPSA) is 26.3 Å². The van der Waals surface area contributed by atoms with Crippen molar-refractivity contribution in [3.63, 3.8) is 0 Å². The molecule has 0 aromatic carbocycles. The minimum Gasteiger partial charge on any atom is -0.461 e. The number of allylic oxidation sites excluding steroid dienone is 1. The Labute approximate surface area is 92.7 Å². The first kappa shape index (κ1) is 13.8. The normalized spacial score (nSPS) is 10.1. The predicted octanol–water partition coefficient (Wildman–Crippen LogP) is 3.08. The largest absolute Gasteiger partial charge is 0.461 e.